The molecule has 94 valence electrons. The van der Waals surface area contributed by atoms with Gasteiger partial charge in [-0.3, -0.25) is 10.1 Å². The van der Waals surface area contributed by atoms with Crippen molar-refractivity contribution in [1.82, 2.24) is 10.2 Å². The number of nitrogens with zero attached hydrogens (tertiary/aromatic N) is 1. The van der Waals surface area contributed by atoms with Crippen molar-refractivity contribution in [1.29, 1.82) is 0 Å². The van der Waals surface area contributed by atoms with E-state index in [0.717, 1.165) is 25.0 Å². The number of rotatable bonds is 6. The zero-order valence-corrected chi connectivity index (χ0v) is 11.6. The molecular weight excluding hydrogens is 220 g/mol. The normalized spacial score (nSPS) is 27.5. The molecular formula is C12H24N2OS. The summed E-state index contributed by atoms with van der Waals surface area (Å²) in [6.45, 7) is 6.38. The SMILES string of the molecule is CCCCC1NC(C)N(C(C)CSC)C1=O. The van der Waals surface area contributed by atoms with Crippen LogP contribution in [-0.4, -0.2) is 41.1 Å². The van der Waals surface area contributed by atoms with Crippen LogP contribution in [-0.2, 0) is 4.79 Å². The van der Waals surface area contributed by atoms with Gasteiger partial charge in [-0.2, -0.15) is 11.8 Å². The van der Waals surface area contributed by atoms with E-state index in [4.69, 9.17) is 0 Å². The fourth-order valence-electron chi connectivity index (χ4n) is 2.35. The zero-order valence-electron chi connectivity index (χ0n) is 10.8. The van der Waals surface area contributed by atoms with Gasteiger partial charge in [0.05, 0.1) is 12.2 Å². The summed E-state index contributed by atoms with van der Waals surface area (Å²) in [4.78, 5) is 14.2. The molecule has 4 heteroatoms. The standard InChI is InChI=1S/C12H24N2OS/c1-5-6-7-11-12(15)14(10(3)13-11)9(2)8-16-4/h9-11,13H,5-8H2,1-4H3. The van der Waals surface area contributed by atoms with Gasteiger partial charge in [0.1, 0.15) is 0 Å². The van der Waals surface area contributed by atoms with E-state index in [9.17, 15) is 4.79 Å². The van der Waals surface area contributed by atoms with Crippen LogP contribution in [0.5, 0.6) is 0 Å². The predicted octanol–water partition coefficient (Wildman–Crippen LogP) is 2.07. The Morgan fingerprint density at radius 3 is 2.81 bits per heavy atom. The Morgan fingerprint density at radius 1 is 1.56 bits per heavy atom. The molecule has 0 spiro atoms. The lowest BCUT2D eigenvalue weighted by molar-refractivity contribution is -0.131. The van der Waals surface area contributed by atoms with Crippen LogP contribution in [0.3, 0.4) is 0 Å². The van der Waals surface area contributed by atoms with Gasteiger partial charge in [0.25, 0.3) is 0 Å². The minimum Gasteiger partial charge on any atom is -0.323 e. The molecule has 1 aliphatic rings. The number of amides is 1. The molecule has 1 rings (SSSR count). The lowest BCUT2D eigenvalue weighted by Gasteiger charge is -2.27. The van der Waals surface area contributed by atoms with Crippen LogP contribution in [0.2, 0.25) is 0 Å². The maximum Gasteiger partial charge on any atom is 0.241 e. The summed E-state index contributed by atoms with van der Waals surface area (Å²) >= 11 is 1.80. The van der Waals surface area contributed by atoms with Crippen molar-refractivity contribution >= 4 is 17.7 Å². The van der Waals surface area contributed by atoms with Gasteiger partial charge in [-0.1, -0.05) is 19.8 Å². The van der Waals surface area contributed by atoms with E-state index in [1.807, 2.05) is 4.90 Å². The van der Waals surface area contributed by atoms with E-state index in [1.165, 1.54) is 0 Å². The highest BCUT2D eigenvalue weighted by Crippen LogP contribution is 2.19. The minimum atomic E-state index is 0.0549. The van der Waals surface area contributed by atoms with Crippen LogP contribution in [0.25, 0.3) is 0 Å². The van der Waals surface area contributed by atoms with Crippen molar-refractivity contribution in [3.05, 3.63) is 0 Å². The highest BCUT2D eigenvalue weighted by Gasteiger charge is 2.37. The van der Waals surface area contributed by atoms with E-state index < -0.39 is 0 Å². The van der Waals surface area contributed by atoms with Gasteiger partial charge < -0.3 is 4.90 Å². The summed E-state index contributed by atoms with van der Waals surface area (Å²) in [5.74, 6) is 1.31. The molecule has 0 radical (unpaired) electrons. The van der Waals surface area contributed by atoms with Crippen LogP contribution in [0.4, 0.5) is 0 Å². The van der Waals surface area contributed by atoms with E-state index in [0.29, 0.717) is 11.9 Å². The van der Waals surface area contributed by atoms with Crippen LogP contribution in [0.15, 0.2) is 0 Å². The second kappa shape index (κ2) is 6.50. The first-order chi connectivity index (χ1) is 7.61. The minimum absolute atomic E-state index is 0.0549. The van der Waals surface area contributed by atoms with Gasteiger partial charge in [0.15, 0.2) is 0 Å². The quantitative estimate of drug-likeness (QED) is 0.776. The molecule has 3 atom stereocenters. The van der Waals surface area contributed by atoms with Crippen LogP contribution < -0.4 is 5.32 Å². The first-order valence-electron chi connectivity index (χ1n) is 6.19. The second-order valence-corrected chi connectivity index (χ2v) is 5.50. The molecule has 0 aromatic rings. The van der Waals surface area contributed by atoms with E-state index in [2.05, 4.69) is 32.3 Å². The fourth-order valence-corrected chi connectivity index (χ4v) is 2.99. The molecule has 1 saturated heterocycles. The molecule has 1 aliphatic heterocycles. The van der Waals surface area contributed by atoms with Gasteiger partial charge in [-0.05, 0) is 26.5 Å². The Morgan fingerprint density at radius 2 is 2.25 bits per heavy atom. The molecule has 0 aliphatic carbocycles. The van der Waals surface area contributed by atoms with Gasteiger partial charge in [0, 0.05) is 11.8 Å². The van der Waals surface area contributed by atoms with Gasteiger partial charge in [-0.25, -0.2) is 0 Å². The Kier molecular flexibility index (Phi) is 5.62. The third-order valence-corrected chi connectivity index (χ3v) is 3.96. The van der Waals surface area contributed by atoms with E-state index >= 15 is 0 Å². The highest BCUT2D eigenvalue weighted by atomic mass is 32.2. The number of unbranched alkanes of at least 4 members (excludes halogenated alkanes) is 1. The number of hydrogen-bond donors (Lipinski definition) is 1. The summed E-state index contributed by atoms with van der Waals surface area (Å²) in [6, 6.07) is 0.385. The molecule has 0 saturated carbocycles. The topological polar surface area (TPSA) is 32.3 Å². The Bertz CT molecular complexity index is 235. The fraction of sp³-hybridized carbons (Fsp3) is 0.917. The van der Waals surface area contributed by atoms with E-state index in [1.54, 1.807) is 11.8 Å². The number of nitrogens with one attached hydrogen (secondary N) is 1. The Hall–Kier alpha value is -0.220. The first-order valence-corrected chi connectivity index (χ1v) is 7.58. The van der Waals surface area contributed by atoms with Crippen molar-refractivity contribution in [3.63, 3.8) is 0 Å². The molecule has 0 aromatic carbocycles. The van der Waals surface area contributed by atoms with Crippen molar-refractivity contribution in [2.75, 3.05) is 12.0 Å². The molecule has 0 aromatic heterocycles. The van der Waals surface area contributed by atoms with Gasteiger partial charge in [0.2, 0.25) is 5.91 Å². The summed E-state index contributed by atoms with van der Waals surface area (Å²) in [5.41, 5.74) is 0. The van der Waals surface area contributed by atoms with E-state index in [-0.39, 0.29) is 12.2 Å². The first kappa shape index (κ1) is 13.8. The Labute approximate surface area is 103 Å². The van der Waals surface area contributed by atoms with Crippen molar-refractivity contribution < 1.29 is 4.79 Å². The summed E-state index contributed by atoms with van der Waals surface area (Å²) in [5, 5.41) is 3.39. The van der Waals surface area contributed by atoms with Crippen LogP contribution >= 0.6 is 11.8 Å². The Balaban J connectivity index is 2.56. The van der Waals surface area contributed by atoms with Crippen molar-refractivity contribution in [2.45, 2.75) is 58.3 Å². The highest BCUT2D eigenvalue weighted by molar-refractivity contribution is 7.98. The third kappa shape index (κ3) is 3.14. The monoisotopic (exact) mass is 244 g/mol. The van der Waals surface area contributed by atoms with Crippen LogP contribution in [0.1, 0.15) is 40.0 Å². The smallest absolute Gasteiger partial charge is 0.241 e. The zero-order chi connectivity index (χ0) is 12.1. The number of carbonyl (C=O) groups is 1. The lowest BCUT2D eigenvalue weighted by atomic mass is 10.1. The molecule has 1 fully saturated rings. The molecule has 0 bridgehead atoms. The summed E-state index contributed by atoms with van der Waals surface area (Å²) in [7, 11) is 0. The molecule has 1 N–H and O–H groups in total. The molecule has 1 amide bonds. The maximum atomic E-state index is 12.2. The third-order valence-electron chi connectivity index (χ3n) is 3.14. The molecule has 3 nitrogen and oxygen atoms in total. The van der Waals surface area contributed by atoms with Crippen LogP contribution in [0, 0.1) is 0 Å². The number of thioether (sulfide) groups is 1. The second-order valence-electron chi connectivity index (χ2n) is 4.59. The average Bonchev–Trinajstić information content (AvgIpc) is 2.51. The lowest BCUT2D eigenvalue weighted by Crippen LogP contribution is -2.42. The summed E-state index contributed by atoms with van der Waals surface area (Å²) < 4.78 is 0. The molecule has 1 heterocycles. The predicted molar refractivity (Wildman–Crippen MR) is 70.6 cm³/mol. The average molecular weight is 244 g/mol. The number of hydrogen-bond acceptors (Lipinski definition) is 3. The largest absolute Gasteiger partial charge is 0.323 e. The van der Waals surface area contributed by atoms with Crippen molar-refractivity contribution in [2.24, 2.45) is 0 Å². The van der Waals surface area contributed by atoms with Gasteiger partial charge >= 0.3 is 0 Å². The number of carbonyl (C=O) groups excluding carboxylic acids is 1. The van der Waals surface area contributed by atoms with Gasteiger partial charge in [-0.15, -0.1) is 0 Å². The molecule has 3 unspecified atom stereocenters. The molecule has 16 heavy (non-hydrogen) atoms. The van der Waals surface area contributed by atoms with Crippen molar-refractivity contribution in [3.8, 4) is 0 Å². The maximum absolute atomic E-state index is 12.2. The summed E-state index contributed by atoms with van der Waals surface area (Å²) in [6.07, 6.45) is 5.53.